The van der Waals surface area contributed by atoms with E-state index in [1.807, 2.05) is 0 Å². The molecule has 0 unspecified atom stereocenters. The maximum Gasteiger partial charge on any atom is 0.119 e. The molecule has 0 heterocycles. The maximum atomic E-state index is 2.52. The summed E-state index contributed by atoms with van der Waals surface area (Å²) in [7, 11) is -1.17. The van der Waals surface area contributed by atoms with Gasteiger partial charge in [-0.3, -0.25) is 0 Å². The van der Waals surface area contributed by atoms with Crippen LogP contribution in [-0.4, -0.2) is 10.8 Å². The molecule has 0 saturated heterocycles. The number of benzene rings is 2. The highest BCUT2D eigenvalue weighted by Crippen LogP contribution is 2.53. The molecule has 2 aromatic carbocycles. The Balaban J connectivity index is 2.49. The summed E-state index contributed by atoms with van der Waals surface area (Å²) in [4.78, 5) is 0. The Hall–Kier alpha value is -0.400. The van der Waals surface area contributed by atoms with Crippen LogP contribution in [0.1, 0.15) is 0 Å². The standard InChI is InChI=1S/C14H15IP/c1-16(12-15,13-8-4-2-5-9-13)14-10-6-3-7-11-14/h2-11H,12H2,1H3/q+1. The third-order valence-corrected chi connectivity index (χ3v) is 10.3. The first-order chi connectivity index (χ1) is 7.77. The average Bonchev–Trinajstić information content (AvgIpc) is 2.40. The number of alkyl halides is 1. The Labute approximate surface area is 112 Å². The number of hydrogen-bond acceptors (Lipinski definition) is 0. The van der Waals surface area contributed by atoms with Crippen LogP contribution in [0.5, 0.6) is 0 Å². The first kappa shape index (κ1) is 12.1. The van der Waals surface area contributed by atoms with Gasteiger partial charge in [0.15, 0.2) is 0 Å². The minimum Gasteiger partial charge on any atom is -0.0620 e. The molecule has 2 aromatic rings. The van der Waals surface area contributed by atoms with Crippen molar-refractivity contribution in [1.29, 1.82) is 0 Å². The van der Waals surface area contributed by atoms with Crippen LogP contribution in [0.2, 0.25) is 0 Å². The molecule has 0 fully saturated rings. The Morgan fingerprint density at radius 2 is 1.19 bits per heavy atom. The Morgan fingerprint density at radius 3 is 1.50 bits per heavy atom. The highest BCUT2D eigenvalue weighted by Gasteiger charge is 2.35. The van der Waals surface area contributed by atoms with E-state index in [0.29, 0.717) is 0 Å². The molecule has 0 saturated carbocycles. The number of rotatable bonds is 3. The van der Waals surface area contributed by atoms with Crippen molar-refractivity contribution in [3.8, 4) is 0 Å². The molecule has 2 heteroatoms. The summed E-state index contributed by atoms with van der Waals surface area (Å²) in [5, 5.41) is 2.99. The molecule has 0 aliphatic rings. The molecular weight excluding hydrogens is 326 g/mol. The van der Waals surface area contributed by atoms with Crippen LogP contribution in [0.3, 0.4) is 0 Å². The third kappa shape index (κ3) is 2.31. The fourth-order valence-corrected chi connectivity index (χ4v) is 6.40. The van der Waals surface area contributed by atoms with Crippen molar-refractivity contribution in [1.82, 2.24) is 0 Å². The second-order valence-corrected chi connectivity index (χ2v) is 9.68. The van der Waals surface area contributed by atoms with E-state index in [0.717, 1.165) is 0 Å². The number of halogens is 1. The van der Waals surface area contributed by atoms with Gasteiger partial charge in [0.05, 0.1) is 24.5 Å². The lowest BCUT2D eigenvalue weighted by Crippen LogP contribution is -2.21. The molecule has 0 nitrogen and oxygen atoms in total. The van der Waals surface area contributed by atoms with Gasteiger partial charge in [0, 0.05) is 0 Å². The van der Waals surface area contributed by atoms with Crippen molar-refractivity contribution >= 4 is 40.5 Å². The van der Waals surface area contributed by atoms with E-state index in [1.165, 1.54) is 14.8 Å². The van der Waals surface area contributed by atoms with Gasteiger partial charge < -0.3 is 0 Å². The summed E-state index contributed by atoms with van der Waals surface area (Å²) in [5.74, 6) is 0. The summed E-state index contributed by atoms with van der Waals surface area (Å²) in [6, 6.07) is 21.8. The van der Waals surface area contributed by atoms with E-state index >= 15 is 0 Å². The zero-order valence-corrected chi connectivity index (χ0v) is 12.4. The molecule has 16 heavy (non-hydrogen) atoms. The first-order valence-corrected chi connectivity index (χ1v) is 9.25. The van der Waals surface area contributed by atoms with E-state index in [-0.39, 0.29) is 0 Å². The van der Waals surface area contributed by atoms with Crippen LogP contribution in [-0.2, 0) is 0 Å². The van der Waals surface area contributed by atoms with Crippen molar-refractivity contribution in [3.05, 3.63) is 60.7 Å². The predicted molar refractivity (Wildman–Crippen MR) is 83.9 cm³/mol. The molecule has 82 valence electrons. The van der Waals surface area contributed by atoms with E-state index in [9.17, 15) is 0 Å². The van der Waals surface area contributed by atoms with Crippen LogP contribution < -0.4 is 10.6 Å². The van der Waals surface area contributed by atoms with Gasteiger partial charge in [-0.2, -0.15) is 0 Å². The molecule has 0 aliphatic carbocycles. The van der Waals surface area contributed by atoms with Crippen molar-refractivity contribution < 1.29 is 0 Å². The maximum absolute atomic E-state index is 2.52. The average molecular weight is 341 g/mol. The minimum absolute atomic E-state index is 1.17. The molecular formula is C14H15IP+. The topological polar surface area (TPSA) is 0 Å². The predicted octanol–water partition coefficient (Wildman–Crippen LogP) is 3.68. The van der Waals surface area contributed by atoms with Crippen LogP contribution in [0.4, 0.5) is 0 Å². The highest BCUT2D eigenvalue weighted by molar-refractivity contribution is 14.1. The molecule has 0 aromatic heterocycles. The van der Waals surface area contributed by atoms with Gasteiger partial charge in [0.2, 0.25) is 0 Å². The zero-order valence-electron chi connectivity index (χ0n) is 9.31. The monoisotopic (exact) mass is 341 g/mol. The molecule has 0 amide bonds. The van der Waals surface area contributed by atoms with Gasteiger partial charge in [0.1, 0.15) is 4.17 Å². The smallest absolute Gasteiger partial charge is 0.0620 e. The summed E-state index contributed by atoms with van der Waals surface area (Å²) in [6.45, 7) is 2.42. The largest absolute Gasteiger partial charge is 0.119 e. The van der Waals surface area contributed by atoms with Crippen LogP contribution in [0, 0.1) is 0 Å². The van der Waals surface area contributed by atoms with Crippen molar-refractivity contribution in [2.24, 2.45) is 0 Å². The zero-order chi connectivity index (χ0) is 11.4. The quantitative estimate of drug-likeness (QED) is 0.454. The van der Waals surface area contributed by atoms with Gasteiger partial charge in [-0.15, -0.1) is 0 Å². The van der Waals surface area contributed by atoms with Crippen molar-refractivity contribution in [2.75, 3.05) is 10.8 Å². The molecule has 0 atom stereocenters. The lowest BCUT2D eigenvalue weighted by atomic mass is 10.4. The van der Waals surface area contributed by atoms with E-state index in [2.05, 4.69) is 89.9 Å². The van der Waals surface area contributed by atoms with Crippen molar-refractivity contribution in [2.45, 2.75) is 0 Å². The minimum atomic E-state index is -1.17. The Bertz CT molecular complexity index is 399. The fourth-order valence-electron chi connectivity index (χ4n) is 1.80. The molecule has 0 N–H and O–H groups in total. The highest BCUT2D eigenvalue weighted by atomic mass is 127. The summed E-state index contributed by atoms with van der Waals surface area (Å²) >= 11 is 2.52. The van der Waals surface area contributed by atoms with Gasteiger partial charge >= 0.3 is 0 Å². The Kier molecular flexibility index (Phi) is 3.99. The normalized spacial score (nSPS) is 11.4. The van der Waals surface area contributed by atoms with Crippen LogP contribution in [0.15, 0.2) is 60.7 Å². The summed E-state index contributed by atoms with van der Waals surface area (Å²) in [6.07, 6.45) is 0. The lowest BCUT2D eigenvalue weighted by molar-refractivity contribution is 1.73. The van der Waals surface area contributed by atoms with Gasteiger partial charge in [0.25, 0.3) is 0 Å². The van der Waals surface area contributed by atoms with Crippen LogP contribution >= 0.6 is 29.9 Å². The molecule has 0 radical (unpaired) electrons. The molecule has 0 spiro atoms. The van der Waals surface area contributed by atoms with Gasteiger partial charge in [-0.1, -0.05) is 36.4 Å². The van der Waals surface area contributed by atoms with E-state index in [1.54, 1.807) is 0 Å². The number of hydrogen-bond donors (Lipinski definition) is 0. The van der Waals surface area contributed by atoms with Gasteiger partial charge in [-0.25, -0.2) is 0 Å². The Morgan fingerprint density at radius 1 is 0.812 bits per heavy atom. The van der Waals surface area contributed by atoms with Crippen LogP contribution in [0.25, 0.3) is 0 Å². The second kappa shape index (κ2) is 5.29. The SMILES string of the molecule is C[P+](CI)(c1ccccc1)c1ccccc1. The van der Waals surface area contributed by atoms with E-state index < -0.39 is 7.26 Å². The lowest BCUT2D eigenvalue weighted by Gasteiger charge is -2.20. The fraction of sp³-hybridized carbons (Fsp3) is 0.143. The van der Waals surface area contributed by atoms with E-state index in [4.69, 9.17) is 0 Å². The van der Waals surface area contributed by atoms with Crippen molar-refractivity contribution in [3.63, 3.8) is 0 Å². The second-order valence-electron chi connectivity index (χ2n) is 3.98. The van der Waals surface area contributed by atoms with Gasteiger partial charge in [-0.05, 0) is 46.9 Å². The molecule has 0 bridgehead atoms. The molecule has 0 aliphatic heterocycles. The third-order valence-electron chi connectivity index (χ3n) is 2.89. The summed E-state index contributed by atoms with van der Waals surface area (Å²) < 4.78 is 1.19. The molecule has 2 rings (SSSR count). The summed E-state index contributed by atoms with van der Waals surface area (Å²) in [5.41, 5.74) is 0. The first-order valence-electron chi connectivity index (χ1n) is 5.30.